The molecule has 2 atom stereocenters. The predicted molar refractivity (Wildman–Crippen MR) is 96.1 cm³/mol. The Hall–Kier alpha value is -2.29. The lowest BCUT2D eigenvalue weighted by Crippen LogP contribution is -2.38. The van der Waals surface area contributed by atoms with Gasteiger partial charge in [0.1, 0.15) is 0 Å². The summed E-state index contributed by atoms with van der Waals surface area (Å²) >= 11 is 0. The summed E-state index contributed by atoms with van der Waals surface area (Å²) in [4.78, 5) is 15.3. The first-order valence-corrected chi connectivity index (χ1v) is 8.98. The molecular weight excluding hydrogens is 296 g/mol. The molecular formula is C21H22N2O. The topological polar surface area (TPSA) is 46.3 Å². The number of rotatable bonds is 1. The number of hydrogen-bond acceptors (Lipinski definition) is 2. The highest BCUT2D eigenvalue weighted by Gasteiger charge is 2.62. The Morgan fingerprint density at radius 3 is 2.92 bits per heavy atom. The van der Waals surface area contributed by atoms with Crippen molar-refractivity contribution in [1.82, 2.24) is 0 Å². The van der Waals surface area contributed by atoms with Crippen molar-refractivity contribution in [1.29, 1.82) is 0 Å². The highest BCUT2D eigenvalue weighted by molar-refractivity contribution is 6.00. The molecule has 3 heteroatoms. The Morgan fingerprint density at radius 2 is 2.00 bits per heavy atom. The van der Waals surface area contributed by atoms with Crippen molar-refractivity contribution in [2.45, 2.75) is 37.5 Å². The number of aryl methyl sites for hydroxylation is 1. The number of nitrogen functional groups attached to an aromatic ring is 1. The molecule has 3 nitrogen and oxygen atoms in total. The van der Waals surface area contributed by atoms with Crippen LogP contribution in [0.25, 0.3) is 0 Å². The summed E-state index contributed by atoms with van der Waals surface area (Å²) in [5.41, 5.74) is 12.1. The van der Waals surface area contributed by atoms with Gasteiger partial charge in [-0.2, -0.15) is 0 Å². The maximum absolute atomic E-state index is 13.3. The van der Waals surface area contributed by atoms with Gasteiger partial charge in [0.05, 0.1) is 0 Å². The van der Waals surface area contributed by atoms with Gasteiger partial charge in [-0.3, -0.25) is 4.79 Å². The molecule has 1 fully saturated rings. The maximum atomic E-state index is 13.3. The molecule has 2 N–H and O–H groups in total. The summed E-state index contributed by atoms with van der Waals surface area (Å²) in [6.07, 6.45) is 5.23. The fourth-order valence-corrected chi connectivity index (χ4v) is 4.99. The first kappa shape index (κ1) is 14.1. The SMILES string of the molecule is Nc1cccc2c1CCCN2C(=O)C1CC12CCc1ccccc12. The molecule has 1 saturated carbocycles. The zero-order valence-corrected chi connectivity index (χ0v) is 13.8. The number of nitrogens with two attached hydrogens (primary N) is 1. The first-order valence-electron chi connectivity index (χ1n) is 8.98. The number of carbonyl (C=O) groups excluding carboxylic acids is 1. The molecule has 2 aliphatic carbocycles. The Kier molecular flexibility index (Phi) is 2.85. The van der Waals surface area contributed by atoms with Crippen LogP contribution in [0.2, 0.25) is 0 Å². The Balaban J connectivity index is 1.47. The van der Waals surface area contributed by atoms with Crippen LogP contribution in [0.3, 0.4) is 0 Å². The van der Waals surface area contributed by atoms with E-state index in [0.717, 1.165) is 55.6 Å². The molecule has 1 spiro atoms. The van der Waals surface area contributed by atoms with Gasteiger partial charge in [0.25, 0.3) is 0 Å². The van der Waals surface area contributed by atoms with Crippen LogP contribution in [0.15, 0.2) is 42.5 Å². The molecule has 2 unspecified atom stereocenters. The number of fused-ring (bicyclic) bond motifs is 3. The van der Waals surface area contributed by atoms with E-state index in [2.05, 4.69) is 30.3 Å². The molecule has 3 aliphatic rings. The zero-order valence-electron chi connectivity index (χ0n) is 13.8. The van der Waals surface area contributed by atoms with Crippen molar-refractivity contribution in [2.75, 3.05) is 17.2 Å². The van der Waals surface area contributed by atoms with Gasteiger partial charge in [0, 0.05) is 29.3 Å². The second kappa shape index (κ2) is 4.85. The quantitative estimate of drug-likeness (QED) is 0.819. The van der Waals surface area contributed by atoms with E-state index in [0.29, 0.717) is 5.91 Å². The third-order valence-electron chi connectivity index (χ3n) is 6.32. The van der Waals surface area contributed by atoms with Crippen LogP contribution in [0, 0.1) is 5.92 Å². The van der Waals surface area contributed by atoms with Crippen LogP contribution in [-0.4, -0.2) is 12.5 Å². The van der Waals surface area contributed by atoms with Crippen LogP contribution >= 0.6 is 0 Å². The summed E-state index contributed by atoms with van der Waals surface area (Å²) in [7, 11) is 0. The summed E-state index contributed by atoms with van der Waals surface area (Å²) < 4.78 is 0. The summed E-state index contributed by atoms with van der Waals surface area (Å²) in [5, 5.41) is 0. The molecule has 122 valence electrons. The lowest BCUT2D eigenvalue weighted by atomic mass is 9.94. The van der Waals surface area contributed by atoms with Gasteiger partial charge in [-0.1, -0.05) is 30.3 Å². The summed E-state index contributed by atoms with van der Waals surface area (Å²) in [6.45, 7) is 0.823. The third-order valence-corrected chi connectivity index (χ3v) is 6.32. The van der Waals surface area contributed by atoms with Crippen molar-refractivity contribution in [3.8, 4) is 0 Å². The predicted octanol–water partition coefficient (Wildman–Crippen LogP) is 3.45. The average Bonchev–Trinajstić information content (AvgIpc) is 3.23. The highest BCUT2D eigenvalue weighted by atomic mass is 16.2. The molecule has 0 bridgehead atoms. The van der Waals surface area contributed by atoms with Crippen LogP contribution in [0.4, 0.5) is 11.4 Å². The van der Waals surface area contributed by atoms with Crippen LogP contribution in [0.5, 0.6) is 0 Å². The smallest absolute Gasteiger partial charge is 0.231 e. The lowest BCUT2D eigenvalue weighted by molar-refractivity contribution is -0.120. The van der Waals surface area contributed by atoms with Crippen molar-refractivity contribution in [3.05, 3.63) is 59.2 Å². The monoisotopic (exact) mass is 318 g/mol. The van der Waals surface area contributed by atoms with E-state index < -0.39 is 0 Å². The second-order valence-electron chi connectivity index (χ2n) is 7.51. The normalized spacial score (nSPS) is 27.0. The van der Waals surface area contributed by atoms with Crippen LogP contribution in [0.1, 0.15) is 36.0 Å². The van der Waals surface area contributed by atoms with Crippen molar-refractivity contribution < 1.29 is 4.79 Å². The minimum Gasteiger partial charge on any atom is -0.398 e. The summed E-state index contributed by atoms with van der Waals surface area (Å²) in [5.74, 6) is 0.451. The molecule has 0 saturated heterocycles. The molecule has 24 heavy (non-hydrogen) atoms. The Bertz CT molecular complexity index is 843. The highest BCUT2D eigenvalue weighted by Crippen LogP contribution is 2.62. The fourth-order valence-electron chi connectivity index (χ4n) is 4.99. The number of nitrogens with zero attached hydrogens (tertiary/aromatic N) is 1. The van der Waals surface area contributed by atoms with E-state index in [4.69, 9.17) is 5.73 Å². The standard InChI is InChI=1S/C21H22N2O/c22-18-8-3-9-19-15(18)6-4-12-23(19)20(24)17-13-21(17)11-10-14-5-1-2-7-16(14)21/h1-3,5,7-9,17H,4,6,10-13,22H2. The van der Waals surface area contributed by atoms with Crippen molar-refractivity contribution >= 4 is 17.3 Å². The van der Waals surface area contributed by atoms with Gasteiger partial charge in [0.2, 0.25) is 5.91 Å². The van der Waals surface area contributed by atoms with Gasteiger partial charge in [0.15, 0.2) is 0 Å². The second-order valence-corrected chi connectivity index (χ2v) is 7.51. The Morgan fingerprint density at radius 1 is 1.12 bits per heavy atom. The van der Waals surface area contributed by atoms with E-state index >= 15 is 0 Å². The van der Waals surface area contributed by atoms with E-state index in [-0.39, 0.29) is 11.3 Å². The van der Waals surface area contributed by atoms with Gasteiger partial charge >= 0.3 is 0 Å². The number of hydrogen-bond donors (Lipinski definition) is 1. The molecule has 0 aromatic heterocycles. The Labute approximate surface area is 142 Å². The average molecular weight is 318 g/mol. The fraction of sp³-hybridized carbons (Fsp3) is 0.381. The van der Waals surface area contributed by atoms with E-state index in [1.165, 1.54) is 11.1 Å². The van der Waals surface area contributed by atoms with E-state index in [1.54, 1.807) is 0 Å². The zero-order chi connectivity index (χ0) is 16.3. The summed E-state index contributed by atoms with van der Waals surface area (Å²) in [6, 6.07) is 14.6. The minimum atomic E-state index is 0.117. The van der Waals surface area contributed by atoms with Crippen LogP contribution < -0.4 is 10.6 Å². The molecule has 2 aromatic carbocycles. The van der Waals surface area contributed by atoms with Crippen molar-refractivity contribution in [2.24, 2.45) is 5.92 Å². The van der Waals surface area contributed by atoms with Crippen LogP contribution in [-0.2, 0) is 23.1 Å². The van der Waals surface area contributed by atoms with Gasteiger partial charge in [-0.05, 0) is 60.9 Å². The molecule has 5 rings (SSSR count). The molecule has 1 heterocycles. The third kappa shape index (κ3) is 1.81. The molecule has 2 aromatic rings. The van der Waals surface area contributed by atoms with Gasteiger partial charge in [-0.15, -0.1) is 0 Å². The number of amides is 1. The molecule has 0 radical (unpaired) electrons. The largest absolute Gasteiger partial charge is 0.398 e. The number of carbonyl (C=O) groups is 1. The van der Waals surface area contributed by atoms with Crippen molar-refractivity contribution in [3.63, 3.8) is 0 Å². The minimum absolute atomic E-state index is 0.117. The molecule has 1 amide bonds. The van der Waals surface area contributed by atoms with E-state index in [9.17, 15) is 4.79 Å². The van der Waals surface area contributed by atoms with E-state index in [1.807, 2.05) is 17.0 Å². The number of benzene rings is 2. The number of anilines is 2. The maximum Gasteiger partial charge on any atom is 0.231 e. The molecule has 1 aliphatic heterocycles. The van der Waals surface area contributed by atoms with Gasteiger partial charge < -0.3 is 10.6 Å². The first-order chi connectivity index (χ1) is 11.7. The van der Waals surface area contributed by atoms with Gasteiger partial charge in [-0.25, -0.2) is 0 Å². The lowest BCUT2D eigenvalue weighted by Gasteiger charge is -2.31.